The van der Waals surface area contributed by atoms with E-state index >= 15 is 0 Å². The highest BCUT2D eigenvalue weighted by molar-refractivity contribution is 7.17. The Morgan fingerprint density at radius 2 is 1.88 bits per heavy atom. The van der Waals surface area contributed by atoms with E-state index in [9.17, 15) is 9.50 Å². The number of pyridine rings is 1. The van der Waals surface area contributed by atoms with Crippen molar-refractivity contribution < 1.29 is 9.50 Å². The number of halogens is 1. The number of fused-ring (bicyclic) bond motifs is 1. The maximum atomic E-state index is 12.9. The SMILES string of the molecule is Oc1cnc(-c2ccc(F)cc2)c2sccc12. The van der Waals surface area contributed by atoms with Gasteiger partial charge in [-0.15, -0.1) is 11.3 Å². The van der Waals surface area contributed by atoms with Crippen molar-refractivity contribution in [3.63, 3.8) is 0 Å². The molecule has 3 aromatic rings. The van der Waals surface area contributed by atoms with E-state index in [2.05, 4.69) is 4.98 Å². The van der Waals surface area contributed by atoms with Crippen LogP contribution < -0.4 is 0 Å². The quantitative estimate of drug-likeness (QED) is 0.707. The zero-order valence-electron chi connectivity index (χ0n) is 8.72. The number of benzene rings is 1. The highest BCUT2D eigenvalue weighted by atomic mass is 32.1. The molecule has 17 heavy (non-hydrogen) atoms. The molecule has 84 valence electrons. The Labute approximate surface area is 101 Å². The van der Waals surface area contributed by atoms with Gasteiger partial charge in [0.2, 0.25) is 0 Å². The first kappa shape index (κ1) is 10.2. The summed E-state index contributed by atoms with van der Waals surface area (Å²) in [6.45, 7) is 0. The molecule has 0 saturated carbocycles. The van der Waals surface area contributed by atoms with Gasteiger partial charge in [0.15, 0.2) is 0 Å². The van der Waals surface area contributed by atoms with E-state index in [1.54, 1.807) is 12.1 Å². The second kappa shape index (κ2) is 3.82. The van der Waals surface area contributed by atoms with Gasteiger partial charge in [0, 0.05) is 10.9 Å². The number of hydrogen-bond donors (Lipinski definition) is 1. The van der Waals surface area contributed by atoms with Gasteiger partial charge in [0.1, 0.15) is 11.6 Å². The van der Waals surface area contributed by atoms with E-state index in [-0.39, 0.29) is 11.6 Å². The number of nitrogens with zero attached hydrogens (tertiary/aromatic N) is 1. The minimum Gasteiger partial charge on any atom is -0.506 e. The number of aromatic nitrogens is 1. The van der Waals surface area contributed by atoms with Crippen LogP contribution in [0.2, 0.25) is 0 Å². The van der Waals surface area contributed by atoms with Gasteiger partial charge in [0.25, 0.3) is 0 Å². The lowest BCUT2D eigenvalue weighted by atomic mass is 10.1. The van der Waals surface area contributed by atoms with Crippen LogP contribution >= 0.6 is 11.3 Å². The lowest BCUT2D eigenvalue weighted by molar-refractivity contribution is 0.479. The van der Waals surface area contributed by atoms with Crippen LogP contribution in [0.1, 0.15) is 0 Å². The summed E-state index contributed by atoms with van der Waals surface area (Å²) in [5.74, 6) is -0.0953. The molecule has 0 bridgehead atoms. The van der Waals surface area contributed by atoms with Gasteiger partial charge in [-0.1, -0.05) is 0 Å². The Bertz CT molecular complexity index is 675. The van der Waals surface area contributed by atoms with Gasteiger partial charge in [-0.2, -0.15) is 0 Å². The predicted octanol–water partition coefficient (Wildman–Crippen LogP) is 3.81. The van der Waals surface area contributed by atoms with Crippen LogP contribution in [0.3, 0.4) is 0 Å². The largest absolute Gasteiger partial charge is 0.506 e. The van der Waals surface area contributed by atoms with Gasteiger partial charge in [-0.3, -0.25) is 4.98 Å². The summed E-state index contributed by atoms with van der Waals surface area (Å²) in [6.07, 6.45) is 1.42. The molecule has 0 saturated heterocycles. The fourth-order valence-corrected chi connectivity index (χ4v) is 2.68. The van der Waals surface area contributed by atoms with Crippen LogP contribution in [-0.2, 0) is 0 Å². The van der Waals surface area contributed by atoms with E-state index in [1.165, 1.54) is 29.7 Å². The van der Waals surface area contributed by atoms with E-state index < -0.39 is 0 Å². The third-order valence-electron chi connectivity index (χ3n) is 2.59. The first-order chi connectivity index (χ1) is 8.25. The minimum absolute atomic E-state index is 0.173. The fraction of sp³-hybridized carbons (Fsp3) is 0. The third-order valence-corrected chi connectivity index (χ3v) is 3.51. The molecule has 1 N–H and O–H groups in total. The summed E-state index contributed by atoms with van der Waals surface area (Å²) in [5, 5.41) is 12.3. The van der Waals surface area contributed by atoms with Gasteiger partial charge < -0.3 is 5.11 Å². The van der Waals surface area contributed by atoms with Crippen molar-refractivity contribution in [3.8, 4) is 17.0 Å². The number of aromatic hydroxyl groups is 1. The highest BCUT2D eigenvalue weighted by Crippen LogP contribution is 2.35. The van der Waals surface area contributed by atoms with Crippen molar-refractivity contribution in [1.82, 2.24) is 4.98 Å². The summed E-state index contributed by atoms with van der Waals surface area (Å²) in [6, 6.07) is 8.04. The average Bonchev–Trinajstić information content (AvgIpc) is 2.81. The Balaban J connectivity index is 2.27. The summed E-state index contributed by atoms with van der Waals surface area (Å²) in [7, 11) is 0. The summed E-state index contributed by atoms with van der Waals surface area (Å²) in [5.41, 5.74) is 1.62. The minimum atomic E-state index is -0.269. The Morgan fingerprint density at radius 1 is 1.12 bits per heavy atom. The molecule has 4 heteroatoms. The van der Waals surface area contributed by atoms with Crippen LogP contribution in [0.5, 0.6) is 5.75 Å². The molecule has 0 unspecified atom stereocenters. The first-order valence-corrected chi connectivity index (χ1v) is 5.95. The molecule has 0 atom stereocenters. The molecule has 0 aliphatic carbocycles. The highest BCUT2D eigenvalue weighted by Gasteiger charge is 2.09. The van der Waals surface area contributed by atoms with E-state index in [1.807, 2.05) is 11.4 Å². The molecule has 0 aliphatic heterocycles. The topological polar surface area (TPSA) is 33.1 Å². The fourth-order valence-electron chi connectivity index (χ4n) is 1.76. The smallest absolute Gasteiger partial charge is 0.142 e. The van der Waals surface area contributed by atoms with Crippen LogP contribution in [-0.4, -0.2) is 10.1 Å². The number of rotatable bonds is 1. The molecule has 0 spiro atoms. The van der Waals surface area contributed by atoms with Crippen molar-refractivity contribution in [1.29, 1.82) is 0 Å². The Morgan fingerprint density at radius 3 is 2.65 bits per heavy atom. The zero-order chi connectivity index (χ0) is 11.8. The summed E-state index contributed by atoms with van der Waals surface area (Å²) < 4.78 is 13.8. The summed E-state index contributed by atoms with van der Waals surface area (Å²) >= 11 is 1.51. The molecular weight excluding hydrogens is 237 g/mol. The molecule has 0 amide bonds. The number of thiophene rings is 1. The average molecular weight is 245 g/mol. The van der Waals surface area contributed by atoms with Gasteiger partial charge in [0.05, 0.1) is 16.6 Å². The molecule has 0 radical (unpaired) electrons. The molecule has 2 nitrogen and oxygen atoms in total. The van der Waals surface area contributed by atoms with Crippen molar-refractivity contribution in [2.75, 3.05) is 0 Å². The number of hydrogen-bond acceptors (Lipinski definition) is 3. The van der Waals surface area contributed by atoms with Gasteiger partial charge in [-0.05, 0) is 35.7 Å². The Kier molecular flexibility index (Phi) is 2.30. The van der Waals surface area contributed by atoms with Crippen LogP contribution in [0.15, 0.2) is 41.9 Å². The van der Waals surface area contributed by atoms with Crippen molar-refractivity contribution in [2.45, 2.75) is 0 Å². The lowest BCUT2D eigenvalue weighted by Crippen LogP contribution is -1.84. The molecular formula is C13H8FNOS. The maximum Gasteiger partial charge on any atom is 0.142 e. The zero-order valence-corrected chi connectivity index (χ0v) is 9.54. The first-order valence-electron chi connectivity index (χ1n) is 5.07. The molecule has 1 aromatic carbocycles. The van der Waals surface area contributed by atoms with Crippen molar-refractivity contribution in [3.05, 3.63) is 47.7 Å². The van der Waals surface area contributed by atoms with Gasteiger partial charge >= 0.3 is 0 Å². The molecule has 0 aliphatic rings. The van der Waals surface area contributed by atoms with Crippen molar-refractivity contribution >= 4 is 21.4 Å². The molecule has 0 fully saturated rings. The normalized spacial score (nSPS) is 10.9. The second-order valence-electron chi connectivity index (χ2n) is 3.66. The van der Waals surface area contributed by atoms with E-state index in [0.29, 0.717) is 0 Å². The van der Waals surface area contributed by atoms with Crippen molar-refractivity contribution in [2.24, 2.45) is 0 Å². The predicted molar refractivity (Wildman–Crippen MR) is 66.7 cm³/mol. The molecule has 3 rings (SSSR count). The molecule has 2 aromatic heterocycles. The van der Waals surface area contributed by atoms with E-state index in [0.717, 1.165) is 21.3 Å². The third kappa shape index (κ3) is 1.66. The standard InChI is InChI=1S/C13H8FNOS/c14-9-3-1-8(2-4-9)12-13-10(5-6-17-13)11(16)7-15-12/h1-7,16H. The maximum absolute atomic E-state index is 12.9. The Hall–Kier alpha value is -1.94. The summed E-state index contributed by atoms with van der Waals surface area (Å²) in [4.78, 5) is 4.22. The van der Waals surface area contributed by atoms with Crippen LogP contribution in [0.25, 0.3) is 21.3 Å². The van der Waals surface area contributed by atoms with Crippen LogP contribution in [0.4, 0.5) is 4.39 Å². The monoisotopic (exact) mass is 245 g/mol. The van der Waals surface area contributed by atoms with Gasteiger partial charge in [-0.25, -0.2) is 4.39 Å². The van der Waals surface area contributed by atoms with Crippen LogP contribution in [0, 0.1) is 5.82 Å². The molecule has 2 heterocycles. The lowest BCUT2D eigenvalue weighted by Gasteiger charge is -2.03. The second-order valence-corrected chi connectivity index (χ2v) is 4.58. The van der Waals surface area contributed by atoms with E-state index in [4.69, 9.17) is 0 Å².